The standard InChI is InChI=1S/C15H17FN6/c1-9(2)22-8-19-12-13(17)20-15(21-14(12)22)18-7-10-3-5-11(16)6-4-10/h3-6,8-9H,7H2,1-2H3,(H3,17,18,20,21). The van der Waals surface area contributed by atoms with Gasteiger partial charge in [0.2, 0.25) is 5.95 Å². The SMILES string of the molecule is CC(C)n1cnc2c(N)nc(NCc3ccc(F)cc3)nc21. The molecule has 0 atom stereocenters. The van der Waals surface area contributed by atoms with Crippen LogP contribution in [-0.2, 0) is 6.54 Å². The van der Waals surface area contributed by atoms with E-state index in [-0.39, 0.29) is 11.9 Å². The molecule has 2 heterocycles. The van der Waals surface area contributed by atoms with Gasteiger partial charge in [-0.3, -0.25) is 0 Å². The molecule has 0 spiro atoms. The van der Waals surface area contributed by atoms with E-state index >= 15 is 0 Å². The number of imidazole rings is 1. The van der Waals surface area contributed by atoms with Crippen LogP contribution in [0.3, 0.4) is 0 Å². The van der Waals surface area contributed by atoms with Gasteiger partial charge in [0.05, 0.1) is 6.33 Å². The van der Waals surface area contributed by atoms with Crippen molar-refractivity contribution < 1.29 is 4.39 Å². The molecule has 0 bridgehead atoms. The van der Waals surface area contributed by atoms with Crippen molar-refractivity contribution in [2.75, 3.05) is 11.1 Å². The van der Waals surface area contributed by atoms with Crippen molar-refractivity contribution in [1.29, 1.82) is 0 Å². The first-order valence-electron chi connectivity index (χ1n) is 7.03. The van der Waals surface area contributed by atoms with Gasteiger partial charge in [-0.2, -0.15) is 9.97 Å². The number of nitrogen functional groups attached to an aromatic ring is 1. The van der Waals surface area contributed by atoms with E-state index in [0.29, 0.717) is 29.5 Å². The van der Waals surface area contributed by atoms with E-state index in [1.54, 1.807) is 18.5 Å². The number of nitrogens with one attached hydrogen (secondary N) is 1. The molecule has 0 aliphatic carbocycles. The zero-order chi connectivity index (χ0) is 15.7. The summed E-state index contributed by atoms with van der Waals surface area (Å²) < 4.78 is 14.8. The Kier molecular flexibility index (Phi) is 3.62. The summed E-state index contributed by atoms with van der Waals surface area (Å²) >= 11 is 0. The van der Waals surface area contributed by atoms with E-state index in [1.165, 1.54) is 12.1 Å². The van der Waals surface area contributed by atoms with Crippen molar-refractivity contribution in [3.8, 4) is 0 Å². The van der Waals surface area contributed by atoms with E-state index in [0.717, 1.165) is 5.56 Å². The molecule has 2 aromatic heterocycles. The fourth-order valence-electron chi connectivity index (χ4n) is 2.18. The number of hydrogen-bond acceptors (Lipinski definition) is 5. The van der Waals surface area contributed by atoms with Crippen LogP contribution in [0, 0.1) is 5.82 Å². The number of hydrogen-bond donors (Lipinski definition) is 2. The minimum absolute atomic E-state index is 0.226. The molecule has 0 aliphatic heterocycles. The lowest BCUT2D eigenvalue weighted by Gasteiger charge is -2.09. The average Bonchev–Trinajstić information content (AvgIpc) is 2.91. The molecule has 0 saturated heterocycles. The molecule has 0 saturated carbocycles. The van der Waals surface area contributed by atoms with E-state index in [1.807, 2.05) is 18.4 Å². The number of benzene rings is 1. The van der Waals surface area contributed by atoms with Gasteiger partial charge in [-0.05, 0) is 31.5 Å². The normalized spacial score (nSPS) is 11.3. The third kappa shape index (κ3) is 2.69. The molecular formula is C15H17FN6. The molecule has 0 radical (unpaired) electrons. The van der Waals surface area contributed by atoms with Gasteiger partial charge in [0.1, 0.15) is 11.3 Å². The molecule has 0 unspecified atom stereocenters. The second-order valence-corrected chi connectivity index (χ2v) is 5.33. The van der Waals surface area contributed by atoms with Crippen LogP contribution in [0.2, 0.25) is 0 Å². The maximum Gasteiger partial charge on any atom is 0.227 e. The maximum atomic E-state index is 12.9. The molecule has 0 fully saturated rings. The number of halogens is 1. The average molecular weight is 300 g/mol. The zero-order valence-corrected chi connectivity index (χ0v) is 12.4. The first-order chi connectivity index (χ1) is 10.5. The summed E-state index contributed by atoms with van der Waals surface area (Å²) in [6.45, 7) is 4.58. The molecule has 22 heavy (non-hydrogen) atoms. The van der Waals surface area contributed by atoms with Crippen molar-refractivity contribution >= 4 is 22.9 Å². The quantitative estimate of drug-likeness (QED) is 0.774. The van der Waals surface area contributed by atoms with Crippen molar-refractivity contribution in [1.82, 2.24) is 19.5 Å². The number of fused-ring (bicyclic) bond motifs is 1. The van der Waals surface area contributed by atoms with Crippen LogP contribution in [0.15, 0.2) is 30.6 Å². The Labute approximate surface area is 127 Å². The zero-order valence-electron chi connectivity index (χ0n) is 12.4. The lowest BCUT2D eigenvalue weighted by Crippen LogP contribution is -2.08. The van der Waals surface area contributed by atoms with Gasteiger partial charge >= 0.3 is 0 Å². The predicted molar refractivity (Wildman–Crippen MR) is 83.8 cm³/mol. The van der Waals surface area contributed by atoms with Gasteiger partial charge in [0.25, 0.3) is 0 Å². The van der Waals surface area contributed by atoms with E-state index in [4.69, 9.17) is 5.73 Å². The first-order valence-corrected chi connectivity index (χ1v) is 7.03. The summed E-state index contributed by atoms with van der Waals surface area (Å²) in [5, 5.41) is 3.10. The summed E-state index contributed by atoms with van der Waals surface area (Å²) in [6.07, 6.45) is 1.71. The molecular weight excluding hydrogens is 283 g/mol. The van der Waals surface area contributed by atoms with Crippen LogP contribution in [0.1, 0.15) is 25.5 Å². The molecule has 6 nitrogen and oxygen atoms in total. The number of nitrogens with zero attached hydrogens (tertiary/aromatic N) is 4. The molecule has 3 N–H and O–H groups in total. The Morgan fingerprint density at radius 2 is 1.95 bits per heavy atom. The van der Waals surface area contributed by atoms with Crippen LogP contribution >= 0.6 is 0 Å². The smallest absolute Gasteiger partial charge is 0.227 e. The molecule has 3 rings (SSSR count). The number of anilines is 2. The summed E-state index contributed by atoms with van der Waals surface area (Å²) in [5.74, 6) is 0.509. The minimum atomic E-state index is -0.258. The minimum Gasteiger partial charge on any atom is -0.382 e. The first kappa shape index (κ1) is 14.2. The highest BCUT2D eigenvalue weighted by Crippen LogP contribution is 2.21. The van der Waals surface area contributed by atoms with Crippen molar-refractivity contribution in [2.45, 2.75) is 26.4 Å². The lowest BCUT2D eigenvalue weighted by molar-refractivity contribution is 0.613. The highest BCUT2D eigenvalue weighted by Gasteiger charge is 2.12. The largest absolute Gasteiger partial charge is 0.382 e. The molecule has 7 heteroatoms. The fraction of sp³-hybridized carbons (Fsp3) is 0.267. The maximum absolute atomic E-state index is 12.9. The summed E-state index contributed by atoms with van der Waals surface area (Å²) in [6, 6.07) is 6.49. The van der Waals surface area contributed by atoms with Crippen LogP contribution in [0.4, 0.5) is 16.2 Å². The summed E-state index contributed by atoms with van der Waals surface area (Å²) in [4.78, 5) is 12.9. The topological polar surface area (TPSA) is 81.7 Å². The number of aromatic nitrogens is 4. The monoisotopic (exact) mass is 300 g/mol. The molecule has 114 valence electrons. The third-order valence-corrected chi connectivity index (χ3v) is 3.37. The highest BCUT2D eigenvalue weighted by molar-refractivity contribution is 5.82. The second kappa shape index (κ2) is 5.59. The fourth-order valence-corrected chi connectivity index (χ4v) is 2.18. The lowest BCUT2D eigenvalue weighted by atomic mass is 10.2. The van der Waals surface area contributed by atoms with E-state index in [2.05, 4.69) is 20.3 Å². The van der Waals surface area contributed by atoms with Crippen LogP contribution < -0.4 is 11.1 Å². The Balaban J connectivity index is 1.87. The predicted octanol–water partition coefficient (Wildman–Crippen LogP) is 2.74. The van der Waals surface area contributed by atoms with E-state index < -0.39 is 0 Å². The van der Waals surface area contributed by atoms with Gasteiger partial charge < -0.3 is 15.6 Å². The van der Waals surface area contributed by atoms with Gasteiger partial charge in [-0.15, -0.1) is 0 Å². The van der Waals surface area contributed by atoms with Gasteiger partial charge in [-0.25, -0.2) is 9.37 Å². The number of nitrogens with two attached hydrogens (primary N) is 1. The summed E-state index contributed by atoms with van der Waals surface area (Å²) in [5.41, 5.74) is 8.17. The molecule has 3 aromatic rings. The Hall–Kier alpha value is -2.70. The van der Waals surface area contributed by atoms with Crippen molar-refractivity contribution in [2.24, 2.45) is 0 Å². The Morgan fingerprint density at radius 1 is 1.23 bits per heavy atom. The van der Waals surface area contributed by atoms with Crippen molar-refractivity contribution in [3.05, 3.63) is 42.0 Å². The number of rotatable bonds is 4. The Bertz CT molecular complexity index is 794. The molecule has 0 aliphatic rings. The second-order valence-electron chi connectivity index (χ2n) is 5.33. The highest BCUT2D eigenvalue weighted by atomic mass is 19.1. The van der Waals surface area contributed by atoms with Gasteiger partial charge in [-0.1, -0.05) is 12.1 Å². The van der Waals surface area contributed by atoms with Crippen LogP contribution in [0.25, 0.3) is 11.2 Å². The van der Waals surface area contributed by atoms with Gasteiger partial charge in [0, 0.05) is 12.6 Å². The Morgan fingerprint density at radius 3 is 2.64 bits per heavy atom. The van der Waals surface area contributed by atoms with Gasteiger partial charge in [0.15, 0.2) is 11.5 Å². The summed E-state index contributed by atoms with van der Waals surface area (Å²) in [7, 11) is 0. The van der Waals surface area contributed by atoms with E-state index in [9.17, 15) is 4.39 Å². The third-order valence-electron chi connectivity index (χ3n) is 3.37. The van der Waals surface area contributed by atoms with Crippen molar-refractivity contribution in [3.63, 3.8) is 0 Å². The molecule has 1 aromatic carbocycles. The van der Waals surface area contributed by atoms with Crippen LogP contribution in [-0.4, -0.2) is 19.5 Å². The van der Waals surface area contributed by atoms with Crippen LogP contribution in [0.5, 0.6) is 0 Å². The molecule has 0 amide bonds.